The lowest BCUT2D eigenvalue weighted by Crippen LogP contribution is -2.47. The third-order valence-corrected chi connectivity index (χ3v) is 7.11. The fraction of sp³-hybridized carbons (Fsp3) is 1.00. The second-order valence-corrected chi connectivity index (χ2v) is 8.91. The molecule has 3 rings (SSSR count). The smallest absolute Gasteiger partial charge is 0.0156 e. The van der Waals surface area contributed by atoms with Crippen LogP contribution in [-0.4, -0.2) is 37.6 Å². The predicted octanol–water partition coefficient (Wildman–Crippen LogP) is 4.06. The Morgan fingerprint density at radius 1 is 0.952 bits per heavy atom. The molecule has 0 radical (unpaired) electrons. The van der Waals surface area contributed by atoms with Crippen molar-refractivity contribution in [3.63, 3.8) is 0 Å². The second kappa shape index (κ2) is 6.20. The van der Waals surface area contributed by atoms with E-state index >= 15 is 0 Å². The van der Waals surface area contributed by atoms with Crippen molar-refractivity contribution in [3.8, 4) is 0 Å². The van der Waals surface area contributed by atoms with E-state index in [9.17, 15) is 0 Å². The van der Waals surface area contributed by atoms with Gasteiger partial charge >= 0.3 is 0 Å². The zero-order valence-corrected chi connectivity index (χ0v) is 14.6. The Morgan fingerprint density at radius 3 is 2.24 bits per heavy atom. The monoisotopic (exact) mass is 292 g/mol. The van der Waals surface area contributed by atoms with E-state index in [4.69, 9.17) is 0 Å². The lowest BCUT2D eigenvalue weighted by atomic mass is 9.68. The van der Waals surface area contributed by atoms with Gasteiger partial charge in [0.2, 0.25) is 0 Å². The van der Waals surface area contributed by atoms with Crippen molar-refractivity contribution in [1.29, 1.82) is 0 Å². The number of piperidine rings is 1. The van der Waals surface area contributed by atoms with E-state index in [0.29, 0.717) is 11.5 Å². The van der Waals surface area contributed by atoms with Crippen LogP contribution in [0, 0.1) is 16.7 Å². The third kappa shape index (κ3) is 3.32. The Kier molecular flexibility index (Phi) is 4.66. The number of likely N-dealkylation sites (tertiary alicyclic amines) is 1. The van der Waals surface area contributed by atoms with Gasteiger partial charge in [-0.1, -0.05) is 33.1 Å². The minimum atomic E-state index is 0.486. The van der Waals surface area contributed by atoms with Crippen molar-refractivity contribution in [2.75, 3.05) is 26.7 Å². The van der Waals surface area contributed by atoms with Gasteiger partial charge in [-0.15, -0.1) is 0 Å². The molecule has 2 heteroatoms. The van der Waals surface area contributed by atoms with Crippen molar-refractivity contribution in [2.24, 2.45) is 16.7 Å². The maximum absolute atomic E-state index is 3.62. The van der Waals surface area contributed by atoms with Crippen LogP contribution in [0.5, 0.6) is 0 Å². The van der Waals surface area contributed by atoms with Crippen LogP contribution in [0.25, 0.3) is 0 Å². The van der Waals surface area contributed by atoms with E-state index in [0.717, 1.165) is 11.3 Å². The predicted molar refractivity (Wildman–Crippen MR) is 90.5 cm³/mol. The van der Waals surface area contributed by atoms with E-state index in [1.807, 2.05) is 0 Å². The molecular weight excluding hydrogens is 256 g/mol. The summed E-state index contributed by atoms with van der Waals surface area (Å²) in [5.41, 5.74) is 1.24. The molecule has 2 unspecified atom stereocenters. The zero-order chi connectivity index (χ0) is 14.9. The fourth-order valence-electron chi connectivity index (χ4n) is 5.68. The van der Waals surface area contributed by atoms with Gasteiger partial charge in [0, 0.05) is 12.6 Å². The summed E-state index contributed by atoms with van der Waals surface area (Å²) < 4.78 is 0. The molecule has 0 aromatic rings. The summed E-state index contributed by atoms with van der Waals surface area (Å²) in [7, 11) is 2.16. The molecule has 1 N–H and O–H groups in total. The van der Waals surface area contributed by atoms with Crippen LogP contribution in [0.3, 0.4) is 0 Å². The molecule has 2 atom stereocenters. The van der Waals surface area contributed by atoms with Gasteiger partial charge in [-0.2, -0.15) is 0 Å². The lowest BCUT2D eigenvalue weighted by molar-refractivity contribution is 0.0561. The first kappa shape index (κ1) is 15.8. The topological polar surface area (TPSA) is 15.3 Å². The summed E-state index contributed by atoms with van der Waals surface area (Å²) >= 11 is 0. The van der Waals surface area contributed by atoms with Gasteiger partial charge in [0.15, 0.2) is 0 Å². The molecule has 1 spiro atoms. The maximum atomic E-state index is 3.62. The first-order valence-corrected chi connectivity index (χ1v) is 9.44. The first-order valence-electron chi connectivity index (χ1n) is 9.44. The molecule has 0 bridgehead atoms. The average Bonchev–Trinajstić information content (AvgIpc) is 2.77. The number of nitrogens with one attached hydrogen (secondary N) is 1. The number of nitrogens with zero attached hydrogens (tertiary/aromatic N) is 1. The molecule has 3 aliphatic rings. The lowest BCUT2D eigenvalue weighted by Gasteiger charge is -2.45. The maximum Gasteiger partial charge on any atom is 0.0156 e. The highest BCUT2D eigenvalue weighted by atomic mass is 15.1. The molecule has 2 aliphatic carbocycles. The minimum absolute atomic E-state index is 0.486. The van der Waals surface area contributed by atoms with Gasteiger partial charge in [-0.05, 0) is 75.4 Å². The summed E-state index contributed by atoms with van der Waals surface area (Å²) in [6.45, 7) is 8.97. The summed E-state index contributed by atoms with van der Waals surface area (Å²) in [6.07, 6.45) is 13.3. The van der Waals surface area contributed by atoms with Gasteiger partial charge in [0.1, 0.15) is 0 Å². The molecule has 1 heterocycles. The van der Waals surface area contributed by atoms with E-state index in [1.54, 1.807) is 0 Å². The summed E-state index contributed by atoms with van der Waals surface area (Å²) in [4.78, 5) is 2.79. The van der Waals surface area contributed by atoms with Crippen LogP contribution in [0.15, 0.2) is 0 Å². The van der Waals surface area contributed by atoms with Gasteiger partial charge in [0.25, 0.3) is 0 Å². The highest BCUT2D eigenvalue weighted by Gasteiger charge is 2.42. The standard InChI is InChI=1S/C19H36N2/c1-18(2)10-7-16(17(18)20-3)15-21-13-11-19(12-14-21)8-5-4-6-9-19/h16-17,20H,4-15H2,1-3H3. The van der Waals surface area contributed by atoms with Crippen molar-refractivity contribution in [2.45, 2.75) is 77.7 Å². The Balaban J connectivity index is 1.51. The molecule has 1 saturated heterocycles. The van der Waals surface area contributed by atoms with Gasteiger partial charge in [-0.25, -0.2) is 0 Å². The number of hydrogen-bond donors (Lipinski definition) is 1. The first-order chi connectivity index (χ1) is 10.0. The molecule has 0 aromatic heterocycles. The van der Waals surface area contributed by atoms with Crippen LogP contribution >= 0.6 is 0 Å². The molecule has 0 aromatic carbocycles. The number of hydrogen-bond acceptors (Lipinski definition) is 2. The Morgan fingerprint density at radius 2 is 1.62 bits per heavy atom. The molecule has 3 fully saturated rings. The Labute approximate surface area is 132 Å². The summed E-state index contributed by atoms with van der Waals surface area (Å²) in [5.74, 6) is 0.866. The molecule has 122 valence electrons. The van der Waals surface area contributed by atoms with Gasteiger partial charge in [0.05, 0.1) is 0 Å². The van der Waals surface area contributed by atoms with Gasteiger partial charge in [-0.3, -0.25) is 0 Å². The average molecular weight is 293 g/mol. The van der Waals surface area contributed by atoms with E-state index in [1.165, 1.54) is 77.4 Å². The quantitative estimate of drug-likeness (QED) is 0.844. The molecule has 2 saturated carbocycles. The van der Waals surface area contributed by atoms with Gasteiger partial charge < -0.3 is 10.2 Å². The van der Waals surface area contributed by atoms with Crippen LogP contribution < -0.4 is 5.32 Å². The van der Waals surface area contributed by atoms with E-state index in [-0.39, 0.29) is 0 Å². The number of rotatable bonds is 3. The van der Waals surface area contributed by atoms with Crippen LogP contribution in [0.4, 0.5) is 0 Å². The van der Waals surface area contributed by atoms with E-state index < -0.39 is 0 Å². The minimum Gasteiger partial charge on any atom is -0.316 e. The fourth-order valence-corrected chi connectivity index (χ4v) is 5.68. The molecule has 2 nitrogen and oxygen atoms in total. The summed E-state index contributed by atoms with van der Waals surface area (Å²) in [6, 6.07) is 0.711. The second-order valence-electron chi connectivity index (χ2n) is 8.91. The molecular formula is C19H36N2. The van der Waals surface area contributed by atoms with Crippen molar-refractivity contribution in [3.05, 3.63) is 0 Å². The van der Waals surface area contributed by atoms with Crippen LogP contribution in [0.1, 0.15) is 71.6 Å². The van der Waals surface area contributed by atoms with Crippen molar-refractivity contribution < 1.29 is 0 Å². The van der Waals surface area contributed by atoms with Crippen LogP contribution in [-0.2, 0) is 0 Å². The van der Waals surface area contributed by atoms with Crippen molar-refractivity contribution in [1.82, 2.24) is 10.2 Å². The largest absolute Gasteiger partial charge is 0.316 e. The normalized spacial score (nSPS) is 36.1. The zero-order valence-electron chi connectivity index (χ0n) is 14.6. The van der Waals surface area contributed by atoms with Crippen molar-refractivity contribution >= 4 is 0 Å². The molecule has 1 aliphatic heterocycles. The highest BCUT2D eigenvalue weighted by molar-refractivity contribution is 4.97. The third-order valence-electron chi connectivity index (χ3n) is 7.11. The molecule has 21 heavy (non-hydrogen) atoms. The molecule has 0 amide bonds. The Hall–Kier alpha value is -0.0800. The SMILES string of the molecule is CNC1C(CN2CCC3(CCCCC3)CC2)CCC1(C)C. The highest BCUT2D eigenvalue weighted by Crippen LogP contribution is 2.46. The summed E-state index contributed by atoms with van der Waals surface area (Å²) in [5, 5.41) is 3.62. The van der Waals surface area contributed by atoms with Crippen LogP contribution in [0.2, 0.25) is 0 Å². The van der Waals surface area contributed by atoms with E-state index in [2.05, 4.69) is 31.1 Å². The Bertz CT molecular complexity index is 333.